The number of hydrogen-bond acceptors (Lipinski definition) is 5. The predicted octanol–water partition coefficient (Wildman–Crippen LogP) is 4.51. The summed E-state index contributed by atoms with van der Waals surface area (Å²) >= 11 is 0. The van der Waals surface area contributed by atoms with Gasteiger partial charge in [-0.1, -0.05) is 35.9 Å². The minimum absolute atomic E-state index is 0.171. The molecule has 162 valence electrons. The number of sulfonamides is 1. The quantitative estimate of drug-likeness (QED) is 0.415. The Kier molecular flexibility index (Phi) is 6.97. The largest absolute Gasteiger partial charge is 0.493 e. The fourth-order valence-corrected chi connectivity index (χ4v) is 3.71. The maximum absolute atomic E-state index is 12.4. The van der Waals surface area contributed by atoms with Crippen molar-refractivity contribution in [2.24, 2.45) is 5.10 Å². The number of nitrogens with one attached hydrogen (secondary N) is 1. The summed E-state index contributed by atoms with van der Waals surface area (Å²) in [5.41, 5.74) is 4.84. The van der Waals surface area contributed by atoms with E-state index in [1.54, 1.807) is 43.5 Å². The number of aryl methyl sites for hydroxylation is 3. The fourth-order valence-electron chi connectivity index (χ4n) is 2.83. The fraction of sp³-hybridized carbons (Fsp3) is 0.208. The lowest BCUT2D eigenvalue weighted by atomic mass is 10.1. The third-order valence-electron chi connectivity index (χ3n) is 4.88. The van der Waals surface area contributed by atoms with Crippen LogP contribution in [0.4, 0.5) is 0 Å². The number of hydrazone groups is 1. The highest BCUT2D eigenvalue weighted by Gasteiger charge is 2.13. The van der Waals surface area contributed by atoms with E-state index in [9.17, 15) is 8.42 Å². The molecule has 3 aromatic carbocycles. The predicted molar refractivity (Wildman–Crippen MR) is 122 cm³/mol. The Morgan fingerprint density at radius 2 is 1.65 bits per heavy atom. The van der Waals surface area contributed by atoms with E-state index in [0.29, 0.717) is 23.7 Å². The first kappa shape index (κ1) is 22.4. The van der Waals surface area contributed by atoms with E-state index in [-0.39, 0.29) is 4.90 Å². The van der Waals surface area contributed by atoms with E-state index in [2.05, 4.69) is 9.93 Å². The average molecular weight is 439 g/mol. The Morgan fingerprint density at radius 3 is 2.32 bits per heavy atom. The summed E-state index contributed by atoms with van der Waals surface area (Å²) in [5, 5.41) is 3.89. The number of methoxy groups -OCH3 is 1. The third kappa shape index (κ3) is 5.86. The number of benzene rings is 3. The molecule has 0 saturated heterocycles. The van der Waals surface area contributed by atoms with Crippen molar-refractivity contribution in [2.75, 3.05) is 7.11 Å². The molecule has 0 aliphatic carbocycles. The second-order valence-electron chi connectivity index (χ2n) is 7.28. The SMILES string of the molecule is COc1cc(/C=N/NS(=O)(=O)c2ccc(C)c(C)c2)ccc1OCc1ccc(C)cc1. The highest BCUT2D eigenvalue weighted by molar-refractivity contribution is 7.89. The molecule has 3 aromatic rings. The van der Waals surface area contributed by atoms with Gasteiger partial charge >= 0.3 is 0 Å². The standard InChI is InChI=1S/C24H26N2O4S/c1-17-5-8-20(9-6-17)16-30-23-12-10-21(14-24(23)29-4)15-25-26-31(27,28)22-11-7-18(2)19(3)13-22/h5-15,26H,16H2,1-4H3/b25-15+. The molecule has 0 aromatic heterocycles. The van der Waals surface area contributed by atoms with Crippen molar-refractivity contribution in [3.05, 3.63) is 88.5 Å². The lowest BCUT2D eigenvalue weighted by molar-refractivity contribution is 0.284. The van der Waals surface area contributed by atoms with Gasteiger partial charge in [-0.05, 0) is 73.4 Å². The summed E-state index contributed by atoms with van der Waals surface area (Å²) in [6.07, 6.45) is 1.42. The van der Waals surface area contributed by atoms with Crippen LogP contribution in [0.2, 0.25) is 0 Å². The molecule has 6 nitrogen and oxygen atoms in total. The summed E-state index contributed by atoms with van der Waals surface area (Å²) in [6.45, 7) is 6.25. The van der Waals surface area contributed by atoms with E-state index in [4.69, 9.17) is 9.47 Å². The number of hydrogen-bond donors (Lipinski definition) is 1. The molecule has 0 unspecified atom stereocenters. The normalized spacial score (nSPS) is 11.5. The van der Waals surface area contributed by atoms with Gasteiger partial charge in [-0.25, -0.2) is 4.83 Å². The average Bonchev–Trinajstić information content (AvgIpc) is 2.75. The van der Waals surface area contributed by atoms with Gasteiger partial charge < -0.3 is 9.47 Å². The van der Waals surface area contributed by atoms with Crippen LogP contribution >= 0.6 is 0 Å². The second-order valence-corrected chi connectivity index (χ2v) is 8.94. The van der Waals surface area contributed by atoms with Crippen LogP contribution in [0.5, 0.6) is 11.5 Å². The molecule has 0 saturated carbocycles. The smallest absolute Gasteiger partial charge is 0.276 e. The Bertz CT molecular complexity index is 1190. The molecule has 0 radical (unpaired) electrons. The van der Waals surface area contributed by atoms with Crippen LogP contribution in [-0.2, 0) is 16.6 Å². The van der Waals surface area contributed by atoms with Crippen LogP contribution < -0.4 is 14.3 Å². The Labute approximate surface area is 183 Å². The first-order chi connectivity index (χ1) is 14.8. The minimum Gasteiger partial charge on any atom is -0.493 e. The van der Waals surface area contributed by atoms with Crippen molar-refractivity contribution >= 4 is 16.2 Å². The molecule has 0 fully saturated rings. The topological polar surface area (TPSA) is 77.0 Å². The van der Waals surface area contributed by atoms with Gasteiger partial charge in [-0.3, -0.25) is 0 Å². The Balaban J connectivity index is 1.68. The van der Waals surface area contributed by atoms with Gasteiger partial charge in [0.15, 0.2) is 11.5 Å². The van der Waals surface area contributed by atoms with Crippen LogP contribution in [0, 0.1) is 20.8 Å². The molecular formula is C24H26N2O4S. The van der Waals surface area contributed by atoms with Gasteiger partial charge in [0.1, 0.15) is 6.61 Å². The van der Waals surface area contributed by atoms with Crippen LogP contribution in [0.3, 0.4) is 0 Å². The van der Waals surface area contributed by atoms with E-state index in [0.717, 1.165) is 16.7 Å². The van der Waals surface area contributed by atoms with Crippen molar-refractivity contribution in [2.45, 2.75) is 32.3 Å². The summed E-state index contributed by atoms with van der Waals surface area (Å²) in [7, 11) is -2.19. The van der Waals surface area contributed by atoms with Crippen LogP contribution in [0.25, 0.3) is 0 Å². The van der Waals surface area contributed by atoms with Gasteiger partial charge in [-0.15, -0.1) is 0 Å². The highest BCUT2D eigenvalue weighted by Crippen LogP contribution is 2.28. The lowest BCUT2D eigenvalue weighted by Crippen LogP contribution is -2.18. The molecule has 0 heterocycles. The molecule has 0 aliphatic heterocycles. The highest BCUT2D eigenvalue weighted by atomic mass is 32.2. The lowest BCUT2D eigenvalue weighted by Gasteiger charge is -2.11. The number of nitrogens with zero attached hydrogens (tertiary/aromatic N) is 1. The molecule has 3 rings (SSSR count). The van der Waals surface area contributed by atoms with Gasteiger partial charge in [0, 0.05) is 0 Å². The molecule has 0 aliphatic rings. The second kappa shape index (κ2) is 9.66. The van der Waals surface area contributed by atoms with Crippen molar-refractivity contribution in [1.29, 1.82) is 0 Å². The molecule has 0 bridgehead atoms. The maximum atomic E-state index is 12.4. The van der Waals surface area contributed by atoms with Crippen molar-refractivity contribution in [3.63, 3.8) is 0 Å². The van der Waals surface area contributed by atoms with Crippen LogP contribution in [-0.4, -0.2) is 21.7 Å². The van der Waals surface area contributed by atoms with Gasteiger partial charge in [0.25, 0.3) is 10.0 Å². The van der Waals surface area contributed by atoms with Crippen molar-refractivity contribution in [1.82, 2.24) is 4.83 Å². The maximum Gasteiger partial charge on any atom is 0.276 e. The number of ether oxygens (including phenoxy) is 2. The molecule has 0 amide bonds. The monoisotopic (exact) mass is 438 g/mol. The van der Waals surface area contributed by atoms with Gasteiger partial charge in [0.05, 0.1) is 18.2 Å². The van der Waals surface area contributed by atoms with E-state index >= 15 is 0 Å². The van der Waals surface area contributed by atoms with Gasteiger partial charge in [0.2, 0.25) is 0 Å². The summed E-state index contributed by atoms with van der Waals surface area (Å²) in [5.74, 6) is 1.13. The number of rotatable bonds is 8. The van der Waals surface area contributed by atoms with E-state index in [1.807, 2.05) is 45.0 Å². The van der Waals surface area contributed by atoms with Crippen molar-refractivity contribution in [3.8, 4) is 11.5 Å². The van der Waals surface area contributed by atoms with Gasteiger partial charge in [-0.2, -0.15) is 13.5 Å². The van der Waals surface area contributed by atoms with Crippen molar-refractivity contribution < 1.29 is 17.9 Å². The first-order valence-electron chi connectivity index (χ1n) is 9.77. The molecule has 1 N–H and O–H groups in total. The molecule has 7 heteroatoms. The molecule has 0 atom stereocenters. The summed E-state index contributed by atoms with van der Waals surface area (Å²) in [6, 6.07) is 18.3. The summed E-state index contributed by atoms with van der Waals surface area (Å²) < 4.78 is 36.1. The molecular weight excluding hydrogens is 412 g/mol. The molecule has 31 heavy (non-hydrogen) atoms. The Hall–Kier alpha value is -3.32. The summed E-state index contributed by atoms with van der Waals surface area (Å²) in [4.78, 5) is 2.41. The van der Waals surface area contributed by atoms with Crippen LogP contribution in [0.15, 0.2) is 70.7 Å². The third-order valence-corrected chi connectivity index (χ3v) is 6.10. The zero-order valence-corrected chi connectivity index (χ0v) is 18.9. The van der Waals surface area contributed by atoms with E-state index < -0.39 is 10.0 Å². The Morgan fingerprint density at radius 1 is 0.903 bits per heavy atom. The van der Waals surface area contributed by atoms with E-state index in [1.165, 1.54) is 11.8 Å². The minimum atomic E-state index is -3.74. The molecule has 0 spiro atoms. The zero-order valence-electron chi connectivity index (χ0n) is 18.0. The first-order valence-corrected chi connectivity index (χ1v) is 11.3. The zero-order chi connectivity index (χ0) is 22.4. The van der Waals surface area contributed by atoms with Crippen LogP contribution in [0.1, 0.15) is 27.8 Å².